The molecule has 0 radical (unpaired) electrons. The van der Waals surface area contributed by atoms with Gasteiger partial charge in [0.25, 0.3) is 5.56 Å². The number of rotatable bonds is 3. The molecule has 4 aromatic rings. The predicted octanol–water partition coefficient (Wildman–Crippen LogP) is 2.61. The maximum absolute atomic E-state index is 12.8. The third kappa shape index (κ3) is 3.03. The average Bonchev–Trinajstić information content (AvgIpc) is 3.13. The highest BCUT2D eigenvalue weighted by Gasteiger charge is 2.31. The van der Waals surface area contributed by atoms with Crippen LogP contribution < -0.4 is 21.3 Å². The Morgan fingerprint density at radius 3 is 2.74 bits per heavy atom. The van der Waals surface area contributed by atoms with Crippen molar-refractivity contribution >= 4 is 22.5 Å². The van der Waals surface area contributed by atoms with Crippen molar-refractivity contribution in [3.8, 4) is 17.3 Å². The number of fused-ring (bicyclic) bond motifs is 3. The summed E-state index contributed by atoms with van der Waals surface area (Å²) < 4.78 is 6.36. The summed E-state index contributed by atoms with van der Waals surface area (Å²) >= 11 is 6.25. The van der Waals surface area contributed by atoms with Crippen molar-refractivity contribution in [2.75, 3.05) is 13.7 Å². The summed E-state index contributed by atoms with van der Waals surface area (Å²) in [7, 11) is 1.61. The molecule has 2 aromatic heterocycles. The van der Waals surface area contributed by atoms with E-state index in [1.165, 1.54) is 0 Å². The number of aromatic nitrogens is 3. The molecule has 158 valence electrons. The third-order valence-electron chi connectivity index (χ3n) is 5.66. The fourth-order valence-corrected chi connectivity index (χ4v) is 4.46. The van der Waals surface area contributed by atoms with Gasteiger partial charge in [0, 0.05) is 23.1 Å². The van der Waals surface area contributed by atoms with E-state index in [-0.39, 0.29) is 16.3 Å². The van der Waals surface area contributed by atoms with E-state index in [0.29, 0.717) is 6.54 Å². The van der Waals surface area contributed by atoms with Gasteiger partial charge in [0.15, 0.2) is 0 Å². The van der Waals surface area contributed by atoms with Crippen LogP contribution in [0.1, 0.15) is 22.9 Å². The molecule has 9 heteroatoms. The van der Waals surface area contributed by atoms with E-state index >= 15 is 0 Å². The fraction of sp³-hybridized carbons (Fsp3) is 0.182. The molecule has 4 N–H and O–H groups in total. The van der Waals surface area contributed by atoms with Gasteiger partial charge in [-0.25, -0.2) is 9.36 Å². The third-order valence-corrected chi connectivity index (χ3v) is 5.98. The minimum atomic E-state index is -0.767. The van der Waals surface area contributed by atoms with E-state index in [2.05, 4.69) is 15.3 Å². The van der Waals surface area contributed by atoms with E-state index in [4.69, 9.17) is 16.3 Å². The Kier molecular flexibility index (Phi) is 4.60. The number of hydrogen-bond acceptors (Lipinski definition) is 5. The second-order valence-corrected chi connectivity index (χ2v) is 7.76. The zero-order valence-corrected chi connectivity index (χ0v) is 17.3. The van der Waals surface area contributed by atoms with Crippen LogP contribution >= 0.6 is 11.6 Å². The maximum atomic E-state index is 12.8. The minimum Gasteiger partial charge on any atom is -0.497 e. The molecule has 31 heavy (non-hydrogen) atoms. The van der Waals surface area contributed by atoms with Gasteiger partial charge in [0.1, 0.15) is 11.3 Å². The highest BCUT2D eigenvalue weighted by molar-refractivity contribution is 6.32. The molecule has 0 amide bonds. The Hall–Kier alpha value is -3.49. The lowest BCUT2D eigenvalue weighted by Gasteiger charge is -2.25. The molecule has 0 bridgehead atoms. The van der Waals surface area contributed by atoms with E-state index in [0.717, 1.165) is 38.9 Å². The Balaban J connectivity index is 1.74. The van der Waals surface area contributed by atoms with Crippen LogP contribution in [0.5, 0.6) is 11.6 Å². The van der Waals surface area contributed by atoms with Crippen LogP contribution in [0.3, 0.4) is 0 Å². The van der Waals surface area contributed by atoms with Crippen molar-refractivity contribution in [1.82, 2.24) is 19.9 Å². The standard InChI is InChI=1S/C22H19ClN4O4/c1-31-11-6-7-15-13(10-11)12-8-9-24-19(18(12)25-15)17-20(28)26-22(30)27(21(17)29)16-5-3-2-4-14(16)23/h2-7,10,19,24-25,29H,8-9H2,1H3,(H,26,28,30). The van der Waals surface area contributed by atoms with Gasteiger partial charge in [-0.3, -0.25) is 9.78 Å². The van der Waals surface area contributed by atoms with Gasteiger partial charge in [-0.05, 0) is 42.3 Å². The van der Waals surface area contributed by atoms with Gasteiger partial charge in [-0.15, -0.1) is 0 Å². The minimum absolute atomic E-state index is 0.0407. The van der Waals surface area contributed by atoms with Crippen LogP contribution in [-0.4, -0.2) is 33.3 Å². The number of H-pyrrole nitrogens is 2. The smallest absolute Gasteiger partial charge is 0.335 e. The first-order chi connectivity index (χ1) is 15.0. The summed E-state index contributed by atoms with van der Waals surface area (Å²) in [6.07, 6.45) is 0.738. The van der Waals surface area contributed by atoms with E-state index in [9.17, 15) is 14.7 Å². The summed E-state index contributed by atoms with van der Waals surface area (Å²) in [6, 6.07) is 11.7. The summed E-state index contributed by atoms with van der Waals surface area (Å²) in [5.41, 5.74) is 1.59. The molecule has 0 saturated heterocycles. The molecule has 1 unspecified atom stereocenters. The van der Waals surface area contributed by atoms with Crippen LogP contribution in [-0.2, 0) is 6.42 Å². The largest absolute Gasteiger partial charge is 0.497 e. The number of nitrogens with one attached hydrogen (secondary N) is 3. The lowest BCUT2D eigenvalue weighted by Crippen LogP contribution is -2.38. The van der Waals surface area contributed by atoms with E-state index in [1.807, 2.05) is 18.2 Å². The Morgan fingerprint density at radius 2 is 1.97 bits per heavy atom. The van der Waals surface area contributed by atoms with Gasteiger partial charge in [-0.1, -0.05) is 23.7 Å². The number of methoxy groups -OCH3 is 1. The molecule has 0 fully saturated rings. The number of aromatic hydroxyl groups is 1. The topological polar surface area (TPSA) is 112 Å². The lowest BCUT2D eigenvalue weighted by atomic mass is 9.95. The zero-order valence-electron chi connectivity index (χ0n) is 16.5. The molecule has 0 spiro atoms. The molecule has 1 atom stereocenters. The van der Waals surface area contributed by atoms with Gasteiger partial charge >= 0.3 is 5.69 Å². The zero-order chi connectivity index (χ0) is 21.7. The fourth-order valence-electron chi connectivity index (χ4n) is 4.24. The van der Waals surface area contributed by atoms with Crippen molar-refractivity contribution in [3.63, 3.8) is 0 Å². The lowest BCUT2D eigenvalue weighted by molar-refractivity contribution is 0.409. The first-order valence-corrected chi connectivity index (χ1v) is 10.1. The number of ether oxygens (including phenoxy) is 1. The van der Waals surface area contributed by atoms with Crippen LogP contribution in [0.15, 0.2) is 52.1 Å². The Morgan fingerprint density at radius 1 is 1.16 bits per heavy atom. The summed E-state index contributed by atoms with van der Waals surface area (Å²) in [5.74, 6) is 0.279. The Labute approximate surface area is 181 Å². The quantitative estimate of drug-likeness (QED) is 0.393. The van der Waals surface area contributed by atoms with Gasteiger partial charge in [-0.2, -0.15) is 0 Å². The molecule has 5 rings (SSSR count). The molecule has 3 heterocycles. The van der Waals surface area contributed by atoms with Crippen LogP contribution in [0.2, 0.25) is 5.02 Å². The van der Waals surface area contributed by atoms with Gasteiger partial charge in [0.05, 0.1) is 23.9 Å². The summed E-state index contributed by atoms with van der Waals surface area (Å²) in [4.78, 5) is 31.0. The molecular formula is C22H19ClN4O4. The first kappa shape index (κ1) is 19.5. The molecule has 8 nitrogen and oxygen atoms in total. The Bertz CT molecular complexity index is 1440. The van der Waals surface area contributed by atoms with Crippen LogP contribution in [0.25, 0.3) is 16.6 Å². The summed E-state index contributed by atoms with van der Waals surface area (Å²) in [5, 5.41) is 15.6. The number of benzene rings is 2. The van der Waals surface area contributed by atoms with Gasteiger partial charge in [0.2, 0.25) is 5.88 Å². The molecule has 1 aliphatic heterocycles. The van der Waals surface area contributed by atoms with Crippen molar-refractivity contribution < 1.29 is 9.84 Å². The van der Waals surface area contributed by atoms with Crippen LogP contribution in [0.4, 0.5) is 0 Å². The molecular weight excluding hydrogens is 420 g/mol. The maximum Gasteiger partial charge on any atom is 0.335 e. The summed E-state index contributed by atoms with van der Waals surface area (Å²) in [6.45, 7) is 0.589. The SMILES string of the molecule is COc1ccc2[nH]c3c(c2c1)CCNC3c1c(O)n(-c2ccccc2Cl)c(=O)[nH]c1=O. The molecule has 1 aliphatic rings. The van der Waals surface area contributed by atoms with Crippen LogP contribution in [0, 0.1) is 0 Å². The average molecular weight is 439 g/mol. The molecule has 0 saturated carbocycles. The highest BCUT2D eigenvalue weighted by atomic mass is 35.5. The normalized spacial score (nSPS) is 15.7. The van der Waals surface area contributed by atoms with Crippen molar-refractivity contribution in [2.45, 2.75) is 12.5 Å². The van der Waals surface area contributed by atoms with Crippen molar-refractivity contribution in [1.29, 1.82) is 0 Å². The first-order valence-electron chi connectivity index (χ1n) is 9.74. The number of halogens is 1. The molecule has 0 aliphatic carbocycles. The number of para-hydroxylation sites is 1. The second kappa shape index (κ2) is 7.33. The van der Waals surface area contributed by atoms with E-state index < -0.39 is 23.2 Å². The van der Waals surface area contributed by atoms with Crippen molar-refractivity contribution in [3.05, 3.63) is 85.1 Å². The highest BCUT2D eigenvalue weighted by Crippen LogP contribution is 2.36. The van der Waals surface area contributed by atoms with Gasteiger partial charge < -0.3 is 20.1 Å². The number of aromatic amines is 2. The van der Waals surface area contributed by atoms with Crippen molar-refractivity contribution in [2.24, 2.45) is 0 Å². The second-order valence-electron chi connectivity index (χ2n) is 7.35. The predicted molar refractivity (Wildman–Crippen MR) is 118 cm³/mol. The molecule has 2 aromatic carbocycles. The monoisotopic (exact) mass is 438 g/mol. The number of nitrogens with zero attached hydrogens (tertiary/aromatic N) is 1. The number of hydrogen-bond donors (Lipinski definition) is 4. The van der Waals surface area contributed by atoms with E-state index in [1.54, 1.807) is 31.4 Å².